The summed E-state index contributed by atoms with van der Waals surface area (Å²) in [5.41, 5.74) is -0.215. The molecule has 132 valence electrons. The second kappa shape index (κ2) is 7.51. The summed E-state index contributed by atoms with van der Waals surface area (Å²) in [6.45, 7) is 1.73. The Balaban J connectivity index is 1.78. The number of nitrogens with zero attached hydrogens (tertiary/aromatic N) is 1. The minimum Gasteiger partial charge on any atom is -0.381 e. The van der Waals surface area contributed by atoms with Gasteiger partial charge in [-0.1, -0.05) is 17.7 Å². The first-order valence-corrected chi connectivity index (χ1v) is 9.11. The lowest BCUT2D eigenvalue weighted by Crippen LogP contribution is -2.44. The van der Waals surface area contributed by atoms with Gasteiger partial charge in [0.15, 0.2) is 0 Å². The topological polar surface area (TPSA) is 81.5 Å². The molecule has 2 heterocycles. The summed E-state index contributed by atoms with van der Waals surface area (Å²) in [7, 11) is 0. The number of rotatable bonds is 5. The van der Waals surface area contributed by atoms with Crippen LogP contribution in [-0.2, 0) is 10.2 Å². The average molecular weight is 381 g/mol. The van der Waals surface area contributed by atoms with Crippen molar-refractivity contribution in [2.45, 2.75) is 18.3 Å². The highest BCUT2D eigenvalue weighted by Gasteiger charge is 2.36. The number of hydrogen-bond acceptors (Lipinski definition) is 5. The number of nitro benzene ring substituents is 1. The van der Waals surface area contributed by atoms with Crippen molar-refractivity contribution in [3.63, 3.8) is 0 Å². The van der Waals surface area contributed by atoms with Gasteiger partial charge in [-0.2, -0.15) is 0 Å². The van der Waals surface area contributed by atoms with E-state index in [4.69, 9.17) is 16.3 Å². The van der Waals surface area contributed by atoms with Gasteiger partial charge in [-0.05, 0) is 30.4 Å². The number of non-ortho nitro benzene ring substituents is 1. The minimum absolute atomic E-state index is 0.115. The minimum atomic E-state index is -0.543. The van der Waals surface area contributed by atoms with E-state index in [9.17, 15) is 14.9 Å². The van der Waals surface area contributed by atoms with Gasteiger partial charge >= 0.3 is 0 Å². The zero-order valence-corrected chi connectivity index (χ0v) is 14.9. The first-order chi connectivity index (χ1) is 12.0. The molecule has 1 N–H and O–H groups in total. The third-order valence-corrected chi connectivity index (χ3v) is 5.93. The van der Waals surface area contributed by atoms with Crippen LogP contribution >= 0.6 is 22.9 Å². The van der Waals surface area contributed by atoms with Crippen molar-refractivity contribution in [2.24, 2.45) is 0 Å². The Labute approximate surface area is 153 Å². The van der Waals surface area contributed by atoms with Gasteiger partial charge in [0.1, 0.15) is 0 Å². The van der Waals surface area contributed by atoms with Gasteiger partial charge in [-0.15, -0.1) is 11.3 Å². The fraction of sp³-hybridized carbons (Fsp3) is 0.353. The quantitative estimate of drug-likeness (QED) is 0.632. The highest BCUT2D eigenvalue weighted by molar-refractivity contribution is 7.10. The maximum absolute atomic E-state index is 12.5. The maximum Gasteiger partial charge on any atom is 0.270 e. The lowest BCUT2D eigenvalue weighted by molar-refractivity contribution is -0.384. The van der Waals surface area contributed by atoms with Crippen LogP contribution in [-0.4, -0.2) is 30.6 Å². The third-order valence-electron chi connectivity index (χ3n) is 4.49. The molecule has 8 heteroatoms. The SMILES string of the molecule is O=C(NCC1(c2cccs2)CCOCC1)c1cc([N+](=O)[O-])ccc1Cl. The monoisotopic (exact) mass is 380 g/mol. The van der Waals surface area contributed by atoms with Gasteiger partial charge in [-0.3, -0.25) is 14.9 Å². The molecule has 2 aromatic rings. The van der Waals surface area contributed by atoms with Crippen molar-refractivity contribution < 1.29 is 14.5 Å². The first kappa shape index (κ1) is 17.8. The van der Waals surface area contributed by atoms with E-state index in [0.29, 0.717) is 19.8 Å². The van der Waals surface area contributed by atoms with Crippen LogP contribution in [0.25, 0.3) is 0 Å². The zero-order chi connectivity index (χ0) is 17.9. The van der Waals surface area contributed by atoms with E-state index in [0.717, 1.165) is 12.8 Å². The predicted molar refractivity (Wildman–Crippen MR) is 96.5 cm³/mol. The Morgan fingerprint density at radius 1 is 1.36 bits per heavy atom. The second-order valence-corrected chi connectivity index (χ2v) is 7.33. The van der Waals surface area contributed by atoms with Crippen LogP contribution in [0, 0.1) is 10.1 Å². The number of benzene rings is 1. The lowest BCUT2D eigenvalue weighted by Gasteiger charge is -2.36. The van der Waals surface area contributed by atoms with Gasteiger partial charge in [0.2, 0.25) is 0 Å². The van der Waals surface area contributed by atoms with Crippen LogP contribution in [0.2, 0.25) is 5.02 Å². The molecule has 1 aromatic carbocycles. The molecule has 1 saturated heterocycles. The van der Waals surface area contributed by atoms with Crippen molar-refractivity contribution in [3.8, 4) is 0 Å². The van der Waals surface area contributed by atoms with E-state index >= 15 is 0 Å². The number of thiophene rings is 1. The van der Waals surface area contributed by atoms with Gasteiger partial charge in [0, 0.05) is 42.2 Å². The number of carbonyl (C=O) groups is 1. The summed E-state index contributed by atoms with van der Waals surface area (Å²) >= 11 is 7.71. The molecule has 1 aliphatic heterocycles. The molecular weight excluding hydrogens is 364 g/mol. The summed E-state index contributed by atoms with van der Waals surface area (Å²) in [5, 5.41) is 16.0. The summed E-state index contributed by atoms with van der Waals surface area (Å²) in [6.07, 6.45) is 1.63. The van der Waals surface area contributed by atoms with E-state index in [1.165, 1.54) is 23.1 Å². The van der Waals surface area contributed by atoms with E-state index in [2.05, 4.69) is 11.4 Å². The molecule has 1 fully saturated rings. The predicted octanol–water partition coefficient (Wildman–Crippen LogP) is 3.79. The van der Waals surface area contributed by atoms with Crippen LogP contribution in [0.4, 0.5) is 5.69 Å². The largest absolute Gasteiger partial charge is 0.381 e. The van der Waals surface area contributed by atoms with E-state index in [-0.39, 0.29) is 21.7 Å². The number of amides is 1. The molecular formula is C17H17ClN2O4S. The van der Waals surface area contributed by atoms with Gasteiger partial charge in [0.25, 0.3) is 11.6 Å². The van der Waals surface area contributed by atoms with Crippen molar-refractivity contribution in [1.82, 2.24) is 5.32 Å². The number of halogens is 1. The fourth-order valence-corrected chi connectivity index (χ4v) is 4.19. The van der Waals surface area contributed by atoms with Crippen LogP contribution in [0.5, 0.6) is 0 Å². The van der Waals surface area contributed by atoms with Crippen molar-refractivity contribution in [2.75, 3.05) is 19.8 Å². The normalized spacial score (nSPS) is 16.4. The van der Waals surface area contributed by atoms with Gasteiger partial charge in [0.05, 0.1) is 15.5 Å². The van der Waals surface area contributed by atoms with Crippen LogP contribution in [0.1, 0.15) is 28.1 Å². The molecule has 0 saturated carbocycles. The number of hydrogen-bond donors (Lipinski definition) is 1. The Hall–Kier alpha value is -1.96. The van der Waals surface area contributed by atoms with Crippen LogP contribution in [0.3, 0.4) is 0 Å². The van der Waals surface area contributed by atoms with Crippen LogP contribution in [0.15, 0.2) is 35.7 Å². The van der Waals surface area contributed by atoms with Gasteiger partial charge in [-0.25, -0.2) is 0 Å². The Kier molecular flexibility index (Phi) is 5.36. The smallest absolute Gasteiger partial charge is 0.270 e. The van der Waals surface area contributed by atoms with E-state index in [1.807, 2.05) is 11.4 Å². The molecule has 0 atom stereocenters. The van der Waals surface area contributed by atoms with Crippen molar-refractivity contribution >= 4 is 34.5 Å². The van der Waals surface area contributed by atoms with E-state index in [1.54, 1.807) is 11.3 Å². The molecule has 0 radical (unpaired) electrons. The van der Waals surface area contributed by atoms with E-state index < -0.39 is 10.8 Å². The average Bonchev–Trinajstić information content (AvgIpc) is 3.16. The number of nitro groups is 1. The molecule has 1 aliphatic rings. The standard InChI is InChI=1S/C17H17ClN2O4S/c18-14-4-3-12(20(22)23)10-13(14)16(21)19-11-17(5-7-24-8-6-17)15-2-1-9-25-15/h1-4,9-10H,5-8,11H2,(H,19,21). The summed E-state index contributed by atoms with van der Waals surface area (Å²) in [5.74, 6) is -0.406. The second-order valence-electron chi connectivity index (χ2n) is 5.97. The fourth-order valence-electron chi connectivity index (χ4n) is 3.00. The molecule has 1 amide bonds. The lowest BCUT2D eigenvalue weighted by atomic mass is 9.78. The molecule has 0 bridgehead atoms. The summed E-state index contributed by atoms with van der Waals surface area (Å²) in [4.78, 5) is 24.1. The van der Waals surface area contributed by atoms with Crippen LogP contribution < -0.4 is 5.32 Å². The number of ether oxygens (including phenoxy) is 1. The first-order valence-electron chi connectivity index (χ1n) is 7.86. The summed E-state index contributed by atoms with van der Waals surface area (Å²) in [6, 6.07) is 7.93. The Morgan fingerprint density at radius 2 is 2.12 bits per heavy atom. The number of carbonyl (C=O) groups excluding carboxylic acids is 1. The molecule has 6 nitrogen and oxygen atoms in total. The molecule has 25 heavy (non-hydrogen) atoms. The highest BCUT2D eigenvalue weighted by Crippen LogP contribution is 2.37. The highest BCUT2D eigenvalue weighted by atomic mass is 35.5. The molecule has 0 spiro atoms. The molecule has 1 aromatic heterocycles. The Morgan fingerprint density at radius 3 is 2.76 bits per heavy atom. The summed E-state index contributed by atoms with van der Waals surface area (Å²) < 4.78 is 5.47. The molecule has 0 unspecified atom stereocenters. The molecule has 0 aliphatic carbocycles. The third kappa shape index (κ3) is 3.84. The maximum atomic E-state index is 12.5. The number of nitrogens with one attached hydrogen (secondary N) is 1. The van der Waals surface area contributed by atoms with Crippen molar-refractivity contribution in [1.29, 1.82) is 0 Å². The Bertz CT molecular complexity index is 773. The van der Waals surface area contributed by atoms with Gasteiger partial charge < -0.3 is 10.1 Å². The van der Waals surface area contributed by atoms with Crippen molar-refractivity contribution in [3.05, 3.63) is 61.3 Å². The molecule has 3 rings (SSSR count). The zero-order valence-electron chi connectivity index (χ0n) is 13.4.